The van der Waals surface area contributed by atoms with Gasteiger partial charge in [-0.1, -0.05) is 23.2 Å². The predicted octanol–water partition coefficient (Wildman–Crippen LogP) is 2.09. The maximum atomic E-state index is 11.9. The largest absolute Gasteiger partial charge is 0.352 e. The Kier molecular flexibility index (Phi) is 4.39. The second-order valence-corrected chi connectivity index (χ2v) is 4.74. The van der Waals surface area contributed by atoms with E-state index >= 15 is 0 Å². The molecule has 2 aromatic heterocycles. The second-order valence-electron chi connectivity index (χ2n) is 3.95. The second kappa shape index (κ2) is 6.04. The van der Waals surface area contributed by atoms with Gasteiger partial charge in [-0.2, -0.15) is 0 Å². The first-order valence-corrected chi connectivity index (χ1v) is 6.39. The molecule has 1 N–H and O–H groups in total. The van der Waals surface area contributed by atoms with E-state index in [9.17, 15) is 4.79 Å². The molecule has 2 aromatic rings. The Hall–Kier alpha value is -1.59. The van der Waals surface area contributed by atoms with Crippen molar-refractivity contribution in [2.75, 3.05) is 6.54 Å². The molecule has 2 rings (SSSR count). The van der Waals surface area contributed by atoms with Crippen molar-refractivity contribution in [1.29, 1.82) is 0 Å². The summed E-state index contributed by atoms with van der Waals surface area (Å²) in [6.07, 6.45) is 5.58. The topological polar surface area (TPSA) is 59.8 Å². The summed E-state index contributed by atoms with van der Waals surface area (Å²) in [5.41, 5.74) is 0.321. The molecule has 0 aromatic carbocycles. The molecular weight excluding hydrogens is 287 g/mol. The SMILES string of the molecule is Cn1ccnc1CCNC(=O)c1cc(Cl)ncc1Cl. The Balaban J connectivity index is 1.94. The molecule has 0 spiro atoms. The first-order valence-electron chi connectivity index (χ1n) is 5.63. The van der Waals surface area contributed by atoms with Crippen LogP contribution in [0.1, 0.15) is 16.2 Å². The number of hydrogen-bond acceptors (Lipinski definition) is 3. The van der Waals surface area contributed by atoms with E-state index in [0.717, 1.165) is 5.82 Å². The molecule has 5 nitrogen and oxygen atoms in total. The molecule has 0 aliphatic carbocycles. The van der Waals surface area contributed by atoms with Crippen molar-refractivity contribution in [3.05, 3.63) is 46.2 Å². The van der Waals surface area contributed by atoms with E-state index in [1.807, 2.05) is 17.8 Å². The van der Waals surface area contributed by atoms with Gasteiger partial charge in [-0.25, -0.2) is 9.97 Å². The van der Waals surface area contributed by atoms with Gasteiger partial charge in [0.1, 0.15) is 11.0 Å². The van der Waals surface area contributed by atoms with E-state index in [4.69, 9.17) is 23.2 Å². The van der Waals surface area contributed by atoms with Crippen molar-refractivity contribution >= 4 is 29.1 Å². The molecular formula is C12H12Cl2N4O. The number of nitrogens with one attached hydrogen (secondary N) is 1. The molecule has 0 bridgehead atoms. The average molecular weight is 299 g/mol. The van der Waals surface area contributed by atoms with Gasteiger partial charge in [0.2, 0.25) is 0 Å². The smallest absolute Gasteiger partial charge is 0.252 e. The first-order chi connectivity index (χ1) is 9.08. The molecule has 0 saturated heterocycles. The zero-order chi connectivity index (χ0) is 13.8. The van der Waals surface area contributed by atoms with Gasteiger partial charge >= 0.3 is 0 Å². The summed E-state index contributed by atoms with van der Waals surface area (Å²) in [7, 11) is 1.91. The number of imidazole rings is 1. The monoisotopic (exact) mass is 298 g/mol. The van der Waals surface area contributed by atoms with Crippen LogP contribution in [-0.2, 0) is 13.5 Å². The lowest BCUT2D eigenvalue weighted by atomic mass is 10.2. The van der Waals surface area contributed by atoms with Crippen molar-refractivity contribution in [2.24, 2.45) is 7.05 Å². The summed E-state index contributed by atoms with van der Waals surface area (Å²) < 4.78 is 1.91. The van der Waals surface area contributed by atoms with Crippen LogP contribution in [0.2, 0.25) is 10.2 Å². The van der Waals surface area contributed by atoms with Crippen molar-refractivity contribution in [3.8, 4) is 0 Å². The average Bonchev–Trinajstić information content (AvgIpc) is 2.78. The molecule has 19 heavy (non-hydrogen) atoms. The number of hydrogen-bond donors (Lipinski definition) is 1. The third-order valence-electron chi connectivity index (χ3n) is 2.62. The van der Waals surface area contributed by atoms with Gasteiger partial charge in [-0.15, -0.1) is 0 Å². The zero-order valence-corrected chi connectivity index (χ0v) is 11.7. The number of carbonyl (C=O) groups is 1. The molecule has 0 aliphatic heterocycles. The van der Waals surface area contributed by atoms with Crippen LogP contribution in [0.15, 0.2) is 24.7 Å². The van der Waals surface area contributed by atoms with Crippen molar-refractivity contribution in [3.63, 3.8) is 0 Å². The summed E-state index contributed by atoms with van der Waals surface area (Å²) >= 11 is 11.6. The summed E-state index contributed by atoms with van der Waals surface area (Å²) in [5, 5.41) is 3.28. The Bertz CT molecular complexity index is 597. The highest BCUT2D eigenvalue weighted by atomic mass is 35.5. The Morgan fingerprint density at radius 2 is 2.21 bits per heavy atom. The van der Waals surface area contributed by atoms with Gasteiger partial charge in [0, 0.05) is 38.6 Å². The van der Waals surface area contributed by atoms with Gasteiger partial charge in [-0.05, 0) is 6.07 Å². The van der Waals surface area contributed by atoms with Crippen LogP contribution in [0, 0.1) is 0 Å². The molecule has 0 radical (unpaired) electrons. The van der Waals surface area contributed by atoms with Crippen LogP contribution in [0.5, 0.6) is 0 Å². The minimum Gasteiger partial charge on any atom is -0.352 e. The summed E-state index contributed by atoms with van der Waals surface area (Å²) in [4.78, 5) is 19.9. The maximum Gasteiger partial charge on any atom is 0.252 e. The van der Waals surface area contributed by atoms with Crippen LogP contribution in [0.4, 0.5) is 0 Å². The number of pyridine rings is 1. The molecule has 0 unspecified atom stereocenters. The number of nitrogens with zero attached hydrogens (tertiary/aromatic N) is 3. The van der Waals surface area contributed by atoms with Gasteiger partial charge in [0.05, 0.1) is 10.6 Å². The molecule has 0 aliphatic rings. The zero-order valence-electron chi connectivity index (χ0n) is 10.2. The summed E-state index contributed by atoms with van der Waals surface area (Å²) in [5.74, 6) is 0.627. The van der Waals surface area contributed by atoms with E-state index in [-0.39, 0.29) is 16.1 Å². The molecule has 1 amide bonds. The Morgan fingerprint density at radius 3 is 2.89 bits per heavy atom. The fourth-order valence-corrected chi connectivity index (χ4v) is 1.95. The molecule has 0 atom stereocenters. The van der Waals surface area contributed by atoms with Crippen LogP contribution in [0.25, 0.3) is 0 Å². The molecule has 0 fully saturated rings. The van der Waals surface area contributed by atoms with E-state index < -0.39 is 0 Å². The molecule has 7 heteroatoms. The lowest BCUT2D eigenvalue weighted by Crippen LogP contribution is -2.26. The summed E-state index contributed by atoms with van der Waals surface area (Å²) in [6, 6.07) is 1.44. The molecule has 2 heterocycles. The van der Waals surface area contributed by atoms with Crippen LogP contribution in [0.3, 0.4) is 0 Å². The van der Waals surface area contributed by atoms with Crippen LogP contribution >= 0.6 is 23.2 Å². The third-order valence-corrected chi connectivity index (χ3v) is 3.13. The highest BCUT2D eigenvalue weighted by molar-refractivity contribution is 6.35. The van der Waals surface area contributed by atoms with E-state index in [1.54, 1.807) is 6.20 Å². The normalized spacial score (nSPS) is 10.5. The minimum absolute atomic E-state index is 0.235. The lowest BCUT2D eigenvalue weighted by Gasteiger charge is -2.07. The summed E-state index contributed by atoms with van der Waals surface area (Å²) in [6.45, 7) is 0.472. The number of aryl methyl sites for hydroxylation is 1. The Labute approximate surface area is 120 Å². The van der Waals surface area contributed by atoms with Gasteiger partial charge < -0.3 is 9.88 Å². The van der Waals surface area contributed by atoms with Crippen molar-refractivity contribution < 1.29 is 4.79 Å². The van der Waals surface area contributed by atoms with E-state index in [1.165, 1.54) is 12.3 Å². The highest BCUT2D eigenvalue weighted by Crippen LogP contribution is 2.17. The number of carbonyl (C=O) groups excluding carboxylic acids is 1. The van der Waals surface area contributed by atoms with Gasteiger partial charge in [-0.3, -0.25) is 4.79 Å². The predicted molar refractivity (Wildman–Crippen MR) is 73.5 cm³/mol. The van der Waals surface area contributed by atoms with Gasteiger partial charge in [0.15, 0.2) is 0 Å². The number of amides is 1. The fraction of sp³-hybridized carbons (Fsp3) is 0.250. The quantitative estimate of drug-likeness (QED) is 0.879. The van der Waals surface area contributed by atoms with Crippen molar-refractivity contribution in [2.45, 2.75) is 6.42 Å². The maximum absolute atomic E-state index is 11.9. The fourth-order valence-electron chi connectivity index (χ4n) is 1.61. The van der Waals surface area contributed by atoms with Crippen LogP contribution < -0.4 is 5.32 Å². The molecule has 0 saturated carbocycles. The standard InChI is InChI=1S/C12H12Cl2N4O/c1-18-5-4-15-11(18)2-3-16-12(19)8-6-10(14)17-7-9(8)13/h4-7H,2-3H2,1H3,(H,16,19). The molecule has 100 valence electrons. The van der Waals surface area contributed by atoms with Crippen LogP contribution in [-0.4, -0.2) is 27.0 Å². The minimum atomic E-state index is -0.275. The first kappa shape index (κ1) is 13.8. The number of aromatic nitrogens is 3. The van der Waals surface area contributed by atoms with Gasteiger partial charge in [0.25, 0.3) is 5.91 Å². The number of rotatable bonds is 4. The number of halogens is 2. The third kappa shape index (κ3) is 3.45. The Morgan fingerprint density at radius 1 is 1.42 bits per heavy atom. The van der Waals surface area contributed by atoms with E-state index in [0.29, 0.717) is 18.5 Å². The highest BCUT2D eigenvalue weighted by Gasteiger charge is 2.11. The van der Waals surface area contributed by atoms with E-state index in [2.05, 4.69) is 15.3 Å². The van der Waals surface area contributed by atoms with Crippen molar-refractivity contribution in [1.82, 2.24) is 19.9 Å². The lowest BCUT2D eigenvalue weighted by molar-refractivity contribution is 0.0954.